The third-order valence-electron chi connectivity index (χ3n) is 6.24. The Kier molecular flexibility index (Phi) is 4.82. The summed E-state index contributed by atoms with van der Waals surface area (Å²) in [5, 5.41) is 0.519. The van der Waals surface area contributed by atoms with Gasteiger partial charge in [-0.15, -0.1) is 0 Å². The number of morpholine rings is 1. The Morgan fingerprint density at radius 2 is 2.07 bits per heavy atom. The summed E-state index contributed by atoms with van der Waals surface area (Å²) in [5.41, 5.74) is 1.98. The summed E-state index contributed by atoms with van der Waals surface area (Å²) < 4.78 is 13.1. The third kappa shape index (κ3) is 3.12. The zero-order valence-corrected chi connectivity index (χ0v) is 17.2. The van der Waals surface area contributed by atoms with Crippen molar-refractivity contribution in [3.05, 3.63) is 11.2 Å². The number of hydrogen-bond donors (Lipinski definition) is 0. The fraction of sp³-hybridized carbons (Fsp3) is 0.684. The van der Waals surface area contributed by atoms with Gasteiger partial charge >= 0.3 is 0 Å². The minimum atomic E-state index is 0.309. The van der Waals surface area contributed by atoms with Crippen molar-refractivity contribution in [1.82, 2.24) is 19.4 Å². The maximum absolute atomic E-state index is 6.40. The Balaban J connectivity index is 1.44. The van der Waals surface area contributed by atoms with Gasteiger partial charge in [-0.2, -0.15) is 0 Å². The highest BCUT2D eigenvalue weighted by Crippen LogP contribution is 2.37. The smallest absolute Gasteiger partial charge is 0.206 e. The second-order valence-corrected chi connectivity index (χ2v) is 8.31. The second kappa shape index (κ2) is 7.33. The molecule has 0 N–H and O–H groups in total. The van der Waals surface area contributed by atoms with Crippen molar-refractivity contribution in [2.24, 2.45) is 7.05 Å². The van der Waals surface area contributed by atoms with Gasteiger partial charge in [-0.05, 0) is 6.42 Å². The summed E-state index contributed by atoms with van der Waals surface area (Å²) in [5.74, 6) is 1.89. The number of aryl methyl sites for hydroxylation is 1. The number of piperazine rings is 1. The van der Waals surface area contributed by atoms with Crippen molar-refractivity contribution < 1.29 is 9.47 Å². The molecule has 3 aliphatic heterocycles. The molecule has 1 unspecified atom stereocenters. The molecule has 2 atom stereocenters. The van der Waals surface area contributed by atoms with E-state index in [0.29, 0.717) is 17.3 Å². The van der Waals surface area contributed by atoms with Crippen LogP contribution in [-0.2, 0) is 16.5 Å². The van der Waals surface area contributed by atoms with Crippen molar-refractivity contribution in [1.29, 1.82) is 0 Å². The number of methoxy groups -OCH3 is 1. The van der Waals surface area contributed by atoms with E-state index in [1.807, 2.05) is 6.07 Å². The molecule has 0 radical (unpaired) electrons. The lowest BCUT2D eigenvalue weighted by atomic mass is 10.2. The van der Waals surface area contributed by atoms with Crippen LogP contribution in [0.3, 0.4) is 0 Å². The molecule has 0 saturated carbocycles. The van der Waals surface area contributed by atoms with Gasteiger partial charge in [0.15, 0.2) is 5.82 Å². The van der Waals surface area contributed by atoms with E-state index < -0.39 is 0 Å². The molecule has 0 spiro atoms. The van der Waals surface area contributed by atoms with Gasteiger partial charge in [-0.1, -0.05) is 11.6 Å². The highest BCUT2D eigenvalue weighted by atomic mass is 35.5. The summed E-state index contributed by atoms with van der Waals surface area (Å²) in [7, 11) is 3.83. The Labute approximate surface area is 170 Å². The first-order chi connectivity index (χ1) is 13.6. The van der Waals surface area contributed by atoms with E-state index in [1.165, 1.54) is 0 Å². The van der Waals surface area contributed by atoms with Crippen molar-refractivity contribution in [3.63, 3.8) is 0 Å². The average Bonchev–Trinajstić information content (AvgIpc) is 3.42. The standard InChI is InChI=1S/C19H27ClN6O2/c1-23-15-10-16(20)21-18(26-11-14-9-13(26)12-28-14)17(15)22-19(23)25-5-3-24(4-6-25)7-8-27-2/h10,13-14H,3-9,11-12H2,1-2H3/t13-,14?/m1/s1. The first kappa shape index (κ1) is 18.4. The molecule has 5 rings (SSSR count). The van der Waals surface area contributed by atoms with Crippen molar-refractivity contribution in [2.75, 3.05) is 69.4 Å². The number of aromatic nitrogens is 3. The van der Waals surface area contributed by atoms with Crippen LogP contribution in [0.1, 0.15) is 6.42 Å². The molecular formula is C19H27ClN6O2. The van der Waals surface area contributed by atoms with Crippen LogP contribution in [0.15, 0.2) is 6.07 Å². The van der Waals surface area contributed by atoms with E-state index in [0.717, 1.165) is 81.7 Å². The van der Waals surface area contributed by atoms with Crippen LogP contribution in [0.5, 0.6) is 0 Å². The average molecular weight is 407 g/mol. The molecule has 0 aliphatic carbocycles. The zero-order chi connectivity index (χ0) is 19.3. The van der Waals surface area contributed by atoms with Gasteiger partial charge in [0.25, 0.3) is 0 Å². The number of ether oxygens (including phenoxy) is 2. The van der Waals surface area contributed by atoms with Gasteiger partial charge in [-0.3, -0.25) is 4.90 Å². The Bertz CT molecular complexity index is 866. The van der Waals surface area contributed by atoms with Crippen LogP contribution >= 0.6 is 11.6 Å². The lowest BCUT2D eigenvalue weighted by Crippen LogP contribution is -2.48. The van der Waals surface area contributed by atoms with Gasteiger partial charge in [0, 0.05) is 59.5 Å². The lowest BCUT2D eigenvalue weighted by molar-refractivity contribution is 0.0990. The fourth-order valence-electron chi connectivity index (χ4n) is 4.66. The van der Waals surface area contributed by atoms with Crippen LogP contribution < -0.4 is 9.80 Å². The van der Waals surface area contributed by atoms with Crippen LogP contribution in [0, 0.1) is 0 Å². The number of rotatable bonds is 5. The number of fused-ring (bicyclic) bond motifs is 3. The summed E-state index contributed by atoms with van der Waals surface area (Å²) in [4.78, 5) is 16.8. The largest absolute Gasteiger partial charge is 0.383 e. The number of anilines is 2. The molecule has 3 saturated heterocycles. The SMILES string of the molecule is COCCN1CCN(c2nc3c(N4CC5C[C@@H]4CO5)nc(Cl)cc3n2C)CC1. The summed E-state index contributed by atoms with van der Waals surface area (Å²) in [6, 6.07) is 2.31. The molecule has 28 heavy (non-hydrogen) atoms. The molecule has 8 nitrogen and oxygen atoms in total. The molecule has 3 fully saturated rings. The van der Waals surface area contributed by atoms with E-state index >= 15 is 0 Å². The van der Waals surface area contributed by atoms with Crippen molar-refractivity contribution >= 4 is 34.4 Å². The van der Waals surface area contributed by atoms with E-state index in [1.54, 1.807) is 7.11 Å². The Morgan fingerprint density at radius 3 is 2.75 bits per heavy atom. The predicted octanol–water partition coefficient (Wildman–Crippen LogP) is 1.37. The molecule has 152 valence electrons. The third-order valence-corrected chi connectivity index (χ3v) is 6.43. The van der Waals surface area contributed by atoms with Crippen LogP contribution in [0.2, 0.25) is 5.15 Å². The minimum absolute atomic E-state index is 0.309. The second-order valence-electron chi connectivity index (χ2n) is 7.93. The maximum Gasteiger partial charge on any atom is 0.206 e. The monoisotopic (exact) mass is 406 g/mol. The molecule has 2 bridgehead atoms. The van der Waals surface area contributed by atoms with Gasteiger partial charge in [0.05, 0.1) is 30.9 Å². The van der Waals surface area contributed by atoms with Crippen LogP contribution in [-0.4, -0.2) is 91.2 Å². The normalized spacial score (nSPS) is 25.4. The molecule has 9 heteroatoms. The van der Waals surface area contributed by atoms with E-state index in [4.69, 9.17) is 26.1 Å². The van der Waals surface area contributed by atoms with Crippen LogP contribution in [0.4, 0.5) is 11.8 Å². The molecule has 5 heterocycles. The molecule has 0 aromatic carbocycles. The van der Waals surface area contributed by atoms with Gasteiger partial charge in [0.2, 0.25) is 5.95 Å². The zero-order valence-electron chi connectivity index (χ0n) is 16.5. The number of pyridine rings is 1. The summed E-state index contributed by atoms with van der Waals surface area (Å²) >= 11 is 6.40. The Morgan fingerprint density at radius 1 is 1.25 bits per heavy atom. The molecule has 2 aromatic heterocycles. The van der Waals surface area contributed by atoms with Gasteiger partial charge < -0.3 is 23.8 Å². The minimum Gasteiger partial charge on any atom is -0.383 e. The fourth-order valence-corrected chi connectivity index (χ4v) is 4.85. The van der Waals surface area contributed by atoms with E-state index in [9.17, 15) is 0 Å². The quantitative estimate of drug-likeness (QED) is 0.695. The van der Waals surface area contributed by atoms with E-state index in [2.05, 4.69) is 31.3 Å². The van der Waals surface area contributed by atoms with E-state index in [-0.39, 0.29) is 0 Å². The molecule has 2 aromatic rings. The number of halogens is 1. The molecular weight excluding hydrogens is 380 g/mol. The number of imidazole rings is 1. The topological polar surface area (TPSA) is 58.9 Å². The number of hydrogen-bond acceptors (Lipinski definition) is 7. The highest BCUT2D eigenvalue weighted by molar-refractivity contribution is 6.30. The van der Waals surface area contributed by atoms with Crippen molar-refractivity contribution in [3.8, 4) is 0 Å². The first-order valence-corrected chi connectivity index (χ1v) is 10.4. The summed E-state index contributed by atoms with van der Waals surface area (Å²) in [6.07, 6.45) is 1.38. The molecule has 3 aliphatic rings. The van der Waals surface area contributed by atoms with Crippen LogP contribution in [0.25, 0.3) is 11.0 Å². The highest BCUT2D eigenvalue weighted by Gasteiger charge is 2.41. The lowest BCUT2D eigenvalue weighted by Gasteiger charge is -2.35. The van der Waals surface area contributed by atoms with Gasteiger partial charge in [-0.25, -0.2) is 9.97 Å². The molecule has 0 amide bonds. The predicted molar refractivity (Wildman–Crippen MR) is 110 cm³/mol. The number of nitrogens with zero attached hydrogens (tertiary/aromatic N) is 6. The van der Waals surface area contributed by atoms with Crippen molar-refractivity contribution in [2.45, 2.75) is 18.6 Å². The van der Waals surface area contributed by atoms with Gasteiger partial charge in [0.1, 0.15) is 10.7 Å². The summed E-state index contributed by atoms with van der Waals surface area (Å²) in [6.45, 7) is 7.36. The Hall–Kier alpha value is -1.61. The maximum atomic E-state index is 6.40. The first-order valence-electron chi connectivity index (χ1n) is 10.0.